The number of carbonyl (C=O) groups excluding carboxylic acids is 1. The van der Waals surface area contributed by atoms with Crippen molar-refractivity contribution in [1.29, 1.82) is 0 Å². The summed E-state index contributed by atoms with van der Waals surface area (Å²) in [5, 5.41) is 0. The van der Waals surface area contributed by atoms with Crippen molar-refractivity contribution < 1.29 is 43.1 Å². The average molecular weight is 339 g/mol. The smallest absolute Gasteiger partial charge is 0.161 e. The molecular formula is C19H27NO3. The quantitative estimate of drug-likeness (QED) is 0.845. The van der Waals surface area contributed by atoms with Gasteiger partial charge in [0.05, 0.1) is 18.3 Å². The molecular weight excluding hydrogens is 290 g/mol. The van der Waals surface area contributed by atoms with E-state index in [2.05, 4.69) is 0 Å². The third kappa shape index (κ3) is 3.09. The molecule has 0 amide bonds. The van der Waals surface area contributed by atoms with Crippen LogP contribution >= 0.6 is 0 Å². The van der Waals surface area contributed by atoms with E-state index in [1.165, 1.54) is 0 Å². The van der Waals surface area contributed by atoms with Crippen molar-refractivity contribution >= 4 is 5.78 Å². The van der Waals surface area contributed by atoms with E-state index in [0.717, 1.165) is 14.2 Å². The number of carbonyl (C=O) groups is 1. The summed E-state index contributed by atoms with van der Waals surface area (Å²) in [6.45, 7) is -17.2. The minimum absolute atomic E-state index is 0.681. The van der Waals surface area contributed by atoms with Gasteiger partial charge in [0.25, 0.3) is 0 Å². The first-order valence-electron chi connectivity index (χ1n) is 16.8. The van der Waals surface area contributed by atoms with Crippen LogP contribution in [0.25, 0.3) is 0 Å². The second kappa shape index (κ2) is 6.52. The predicted molar refractivity (Wildman–Crippen MR) is 90.1 cm³/mol. The van der Waals surface area contributed by atoms with Gasteiger partial charge in [0, 0.05) is 56.0 Å². The van der Waals surface area contributed by atoms with Crippen LogP contribution in [0.4, 0.5) is 0 Å². The molecule has 2 unspecified atom stereocenters. The highest BCUT2D eigenvalue weighted by Crippen LogP contribution is 2.42. The van der Waals surface area contributed by atoms with Crippen LogP contribution in [-0.4, -0.2) is 37.9 Å². The van der Waals surface area contributed by atoms with E-state index in [4.69, 9.17) is 36.9 Å². The maximum Gasteiger partial charge on any atom is 0.161 e. The Bertz CT molecular complexity index is 1390. The number of methoxy groups -OCH3 is 2. The van der Waals surface area contributed by atoms with Gasteiger partial charge in [-0.25, -0.2) is 0 Å². The fraction of sp³-hybridized carbons (Fsp3) is 0.632. The lowest BCUT2D eigenvalue weighted by Crippen LogP contribution is -2.46. The van der Waals surface area contributed by atoms with Gasteiger partial charge in [-0.1, -0.05) is 13.7 Å². The Morgan fingerprint density at radius 2 is 2.26 bits per heavy atom. The van der Waals surface area contributed by atoms with Crippen LogP contribution in [-0.2, 0) is 11.2 Å². The fourth-order valence-corrected chi connectivity index (χ4v) is 2.05. The summed E-state index contributed by atoms with van der Waals surface area (Å²) in [6.07, 6.45) is -12.8. The minimum atomic E-state index is -4.77. The van der Waals surface area contributed by atoms with Gasteiger partial charge in [-0.3, -0.25) is 9.69 Å². The Hall–Kier alpha value is -1.55. The molecule has 0 spiro atoms. The van der Waals surface area contributed by atoms with Crippen LogP contribution in [0.2, 0.25) is 0 Å². The lowest BCUT2D eigenvalue weighted by Gasteiger charge is -2.43. The van der Waals surface area contributed by atoms with Crippen molar-refractivity contribution in [3.05, 3.63) is 23.2 Å². The zero-order valence-electron chi connectivity index (χ0n) is 33.2. The molecule has 0 aliphatic carbocycles. The molecule has 3 rings (SSSR count). The average Bonchev–Trinajstić information content (AvgIpc) is 2.83. The summed E-state index contributed by atoms with van der Waals surface area (Å²) in [4.78, 5) is 13.3. The second-order valence-corrected chi connectivity index (χ2v) is 4.43. The first-order chi connectivity index (χ1) is 19.2. The molecule has 2 heterocycles. The Labute approximate surface area is 168 Å². The maximum absolute atomic E-state index is 14.0. The largest absolute Gasteiger partial charge is 0.493 e. The first-order valence-corrected chi connectivity index (χ1v) is 6.35. The molecule has 0 saturated carbocycles. The molecule has 2 aliphatic heterocycles. The topological polar surface area (TPSA) is 38.8 Å². The number of fused-ring (bicyclic) bond motifs is 3. The Kier molecular flexibility index (Phi) is 1.29. The molecule has 1 saturated heterocycles. The van der Waals surface area contributed by atoms with Crippen LogP contribution in [0.15, 0.2) is 12.1 Å². The number of hydrogen-bond donors (Lipinski definition) is 0. The molecule has 23 heavy (non-hydrogen) atoms. The standard InChI is InChI=1S/C19H27NO3/c1-12(2)7-14-11-20-6-5-13-8-18(22-3)19(23-4)9-15(13)16(20)10-17(14)21/h8-9,12,14,16H,5-7,10-11H2,1-4H3/i1D3,2D3,5D2,6D2,7D2,8D,9D,10D2,11D2,12D,14D,16D. The van der Waals surface area contributed by atoms with Crippen molar-refractivity contribution in [2.75, 3.05) is 27.2 Å². The Balaban J connectivity index is 2.69. The molecule has 4 nitrogen and oxygen atoms in total. The molecule has 126 valence electrons. The third-order valence-corrected chi connectivity index (χ3v) is 3.03. The highest BCUT2D eigenvalue weighted by molar-refractivity contribution is 5.83. The number of benzene rings is 1. The number of piperidine rings is 1. The van der Waals surface area contributed by atoms with Crippen LogP contribution in [0.1, 0.15) is 72.4 Å². The monoisotopic (exact) mass is 338 g/mol. The van der Waals surface area contributed by atoms with Crippen molar-refractivity contribution in [3.63, 3.8) is 0 Å². The summed E-state index contributed by atoms with van der Waals surface area (Å²) in [7, 11) is 1.88. The van der Waals surface area contributed by atoms with Gasteiger partial charge in [0.15, 0.2) is 11.5 Å². The zero-order chi connectivity index (χ0) is 35.0. The number of hydrogen-bond acceptors (Lipinski definition) is 4. The van der Waals surface area contributed by atoms with Gasteiger partial charge in [-0.15, -0.1) is 0 Å². The van der Waals surface area contributed by atoms with Gasteiger partial charge in [-0.05, 0) is 41.9 Å². The number of nitrogens with zero attached hydrogens (tertiary/aromatic N) is 1. The van der Waals surface area contributed by atoms with Gasteiger partial charge in [-0.2, -0.15) is 0 Å². The molecule has 0 N–H and O–H groups in total. The third-order valence-electron chi connectivity index (χ3n) is 3.03. The molecule has 2 atom stereocenters. The molecule has 0 aromatic heterocycles. The van der Waals surface area contributed by atoms with Crippen molar-refractivity contribution in [1.82, 2.24) is 4.90 Å². The predicted octanol–water partition coefficient (Wildman–Crippen LogP) is 3.24. The SMILES string of the molecule is [2H]c1c(OC)c(OC)c([2H])c2c1C([2H])([2H])C([2H])([2H])N1C([2H])([2H])C([2H])(C([2H])([2H])C([2H])(C([2H])([2H])[2H])C([2H])([2H])[2H])C(=O)C([2H])([2H])C21[2H]. The molecule has 1 aromatic rings. The van der Waals surface area contributed by atoms with Gasteiger partial charge >= 0.3 is 0 Å². The normalized spacial score (nSPS) is 55.0. The van der Waals surface area contributed by atoms with E-state index in [1.807, 2.05) is 0 Å². The number of ketones is 1. The number of rotatable bonds is 4. The molecule has 0 bridgehead atoms. The molecule has 0 radical (unpaired) electrons. The summed E-state index contributed by atoms with van der Waals surface area (Å²) < 4.78 is 186. The van der Waals surface area contributed by atoms with Crippen molar-refractivity contribution in [2.45, 2.75) is 38.8 Å². The number of ether oxygens (including phenoxy) is 2. The first kappa shape index (κ1) is 4.54. The lowest BCUT2D eigenvalue weighted by molar-refractivity contribution is -0.129. The van der Waals surface area contributed by atoms with Crippen LogP contribution < -0.4 is 9.47 Å². The molecule has 4 heteroatoms. The van der Waals surface area contributed by atoms with E-state index in [0.29, 0.717) is 0 Å². The van der Waals surface area contributed by atoms with E-state index in [9.17, 15) is 6.17 Å². The summed E-state index contributed by atoms with van der Waals surface area (Å²) in [5.41, 5.74) is -2.59. The lowest BCUT2D eigenvalue weighted by atomic mass is 9.80. The van der Waals surface area contributed by atoms with E-state index in [1.54, 1.807) is 0 Å². The van der Waals surface area contributed by atoms with Crippen LogP contribution in [0, 0.1) is 11.8 Å². The summed E-state index contributed by atoms with van der Waals surface area (Å²) in [6, 6.07) is -6.25. The highest BCUT2D eigenvalue weighted by Gasteiger charge is 2.38. The number of Topliss-reactive ketones (excluding diaryl/α,β-unsaturated/α-hetero) is 1. The zero-order valence-corrected chi connectivity index (χ0v) is 12.2. The minimum Gasteiger partial charge on any atom is -0.493 e. The second-order valence-electron chi connectivity index (χ2n) is 4.43. The maximum atomic E-state index is 14.0. The van der Waals surface area contributed by atoms with Crippen molar-refractivity contribution in [2.24, 2.45) is 11.8 Å². The van der Waals surface area contributed by atoms with Crippen LogP contribution in [0.3, 0.4) is 0 Å². The molecule has 1 fully saturated rings. The van der Waals surface area contributed by atoms with Gasteiger partial charge in [0.2, 0.25) is 0 Å². The Morgan fingerprint density at radius 1 is 1.52 bits per heavy atom. The fourth-order valence-electron chi connectivity index (χ4n) is 2.05. The van der Waals surface area contributed by atoms with E-state index >= 15 is 0 Å². The molecule has 1 aromatic carbocycles. The van der Waals surface area contributed by atoms with Gasteiger partial charge in [0.1, 0.15) is 5.78 Å². The van der Waals surface area contributed by atoms with Gasteiger partial charge < -0.3 is 9.47 Å². The highest BCUT2D eigenvalue weighted by atomic mass is 16.5. The summed E-state index contributed by atoms with van der Waals surface area (Å²) in [5.74, 6) is -13.4. The molecule has 2 aliphatic rings. The van der Waals surface area contributed by atoms with Crippen LogP contribution in [0.5, 0.6) is 11.5 Å². The Morgan fingerprint density at radius 3 is 2.96 bits per heavy atom. The van der Waals surface area contributed by atoms with E-state index < -0.39 is 109 Å². The van der Waals surface area contributed by atoms with E-state index in [-0.39, 0.29) is 0 Å². The summed E-state index contributed by atoms with van der Waals surface area (Å²) >= 11 is 0. The van der Waals surface area contributed by atoms with Crippen molar-refractivity contribution in [3.8, 4) is 11.5 Å².